The van der Waals surface area contributed by atoms with Gasteiger partial charge in [0, 0.05) is 12.1 Å². The lowest BCUT2D eigenvalue weighted by Gasteiger charge is -2.36. The van der Waals surface area contributed by atoms with Crippen LogP contribution in [0.1, 0.15) is 25.7 Å². The van der Waals surface area contributed by atoms with Gasteiger partial charge in [0.05, 0.1) is 13.7 Å². The third-order valence-corrected chi connectivity index (χ3v) is 3.43. The van der Waals surface area contributed by atoms with E-state index in [0.717, 1.165) is 6.54 Å². The summed E-state index contributed by atoms with van der Waals surface area (Å²) in [4.78, 5) is 13.2. The highest BCUT2D eigenvalue weighted by atomic mass is 16.5. The summed E-state index contributed by atoms with van der Waals surface area (Å²) in [5, 5.41) is 3.18. The number of rotatable bonds is 5. The Morgan fingerprint density at radius 2 is 2.00 bits per heavy atom. The van der Waals surface area contributed by atoms with Crippen molar-refractivity contribution in [3.05, 3.63) is 0 Å². The maximum Gasteiger partial charge on any atom is 0.319 e. The van der Waals surface area contributed by atoms with Crippen LogP contribution in [0.4, 0.5) is 0 Å². The Kier molecular flexibility index (Phi) is 4.54. The third kappa shape index (κ3) is 3.18. The number of hydrogen-bond donors (Lipinski definition) is 1. The molecule has 88 valence electrons. The topological polar surface area (TPSA) is 41.6 Å². The molecule has 1 rings (SSSR count). The number of carbonyl (C=O) groups is 1. The lowest BCUT2D eigenvalue weighted by atomic mass is 9.96. The van der Waals surface area contributed by atoms with E-state index in [-0.39, 0.29) is 11.5 Å². The molecule has 1 aliphatic rings. The largest absolute Gasteiger partial charge is 0.468 e. The van der Waals surface area contributed by atoms with Crippen LogP contribution in [0.25, 0.3) is 0 Å². The van der Waals surface area contributed by atoms with Crippen molar-refractivity contribution in [1.29, 1.82) is 0 Å². The van der Waals surface area contributed by atoms with Gasteiger partial charge in [-0.2, -0.15) is 0 Å². The SMILES string of the molecule is COC(=O)CNCC1(N(C)C)CCCC1. The van der Waals surface area contributed by atoms with Gasteiger partial charge in [0.25, 0.3) is 0 Å². The molecular formula is C11H22N2O2. The summed E-state index contributed by atoms with van der Waals surface area (Å²) in [7, 11) is 5.65. The quantitative estimate of drug-likeness (QED) is 0.681. The minimum Gasteiger partial charge on any atom is -0.468 e. The van der Waals surface area contributed by atoms with Gasteiger partial charge in [0.1, 0.15) is 0 Å². The standard InChI is InChI=1S/C11H22N2O2/c1-13(2)11(6-4-5-7-11)9-12-8-10(14)15-3/h12H,4-9H2,1-3H3. The second-order valence-electron chi connectivity index (χ2n) is 4.51. The average molecular weight is 214 g/mol. The number of ether oxygens (including phenoxy) is 1. The number of hydrogen-bond acceptors (Lipinski definition) is 4. The summed E-state index contributed by atoms with van der Waals surface area (Å²) in [5.41, 5.74) is 0.244. The van der Waals surface area contributed by atoms with Gasteiger partial charge in [-0.05, 0) is 26.9 Å². The molecule has 1 saturated carbocycles. The van der Waals surface area contributed by atoms with Gasteiger partial charge in [-0.25, -0.2) is 0 Å². The Morgan fingerprint density at radius 1 is 1.40 bits per heavy atom. The predicted octanol–water partition coefficient (Wildman–Crippen LogP) is 0.623. The van der Waals surface area contributed by atoms with E-state index in [1.807, 2.05) is 0 Å². The first kappa shape index (κ1) is 12.5. The van der Waals surface area contributed by atoms with Gasteiger partial charge in [-0.3, -0.25) is 4.79 Å². The van der Waals surface area contributed by atoms with Crippen LogP contribution in [0.2, 0.25) is 0 Å². The Bertz CT molecular complexity index is 211. The van der Waals surface area contributed by atoms with E-state index in [9.17, 15) is 4.79 Å². The van der Waals surface area contributed by atoms with Crippen molar-refractivity contribution >= 4 is 5.97 Å². The second kappa shape index (κ2) is 5.47. The van der Waals surface area contributed by atoms with Crippen molar-refractivity contribution in [2.45, 2.75) is 31.2 Å². The molecule has 1 fully saturated rings. The Balaban J connectivity index is 2.36. The number of methoxy groups -OCH3 is 1. The summed E-state index contributed by atoms with van der Waals surface area (Å²) >= 11 is 0. The summed E-state index contributed by atoms with van der Waals surface area (Å²) in [5.74, 6) is -0.193. The molecule has 4 nitrogen and oxygen atoms in total. The van der Waals surface area contributed by atoms with E-state index >= 15 is 0 Å². The van der Waals surface area contributed by atoms with E-state index in [2.05, 4.69) is 29.0 Å². The molecular weight excluding hydrogens is 192 g/mol. The lowest BCUT2D eigenvalue weighted by Crippen LogP contribution is -2.50. The number of nitrogens with zero attached hydrogens (tertiary/aromatic N) is 1. The molecule has 0 saturated heterocycles. The molecule has 0 aromatic rings. The fourth-order valence-corrected chi connectivity index (χ4v) is 2.28. The number of esters is 1. The van der Waals surface area contributed by atoms with Gasteiger partial charge in [0.15, 0.2) is 0 Å². The van der Waals surface area contributed by atoms with E-state index in [0.29, 0.717) is 6.54 Å². The normalized spacial score (nSPS) is 19.5. The monoisotopic (exact) mass is 214 g/mol. The molecule has 1 aliphatic carbocycles. The molecule has 0 aromatic carbocycles. The molecule has 4 heteroatoms. The number of nitrogens with one attached hydrogen (secondary N) is 1. The maximum absolute atomic E-state index is 11.0. The highest BCUT2D eigenvalue weighted by Crippen LogP contribution is 2.32. The zero-order chi connectivity index (χ0) is 11.3. The second-order valence-corrected chi connectivity index (χ2v) is 4.51. The van der Waals surface area contributed by atoms with Crippen LogP contribution in [0.15, 0.2) is 0 Å². The van der Waals surface area contributed by atoms with Crippen molar-refractivity contribution in [3.8, 4) is 0 Å². The molecule has 0 aliphatic heterocycles. The lowest BCUT2D eigenvalue weighted by molar-refractivity contribution is -0.139. The molecule has 0 unspecified atom stereocenters. The first-order valence-electron chi connectivity index (χ1n) is 5.56. The first-order valence-corrected chi connectivity index (χ1v) is 5.56. The molecule has 0 bridgehead atoms. The zero-order valence-electron chi connectivity index (χ0n) is 10.0. The molecule has 15 heavy (non-hydrogen) atoms. The third-order valence-electron chi connectivity index (χ3n) is 3.43. The minimum absolute atomic E-state index is 0.193. The fourth-order valence-electron chi connectivity index (χ4n) is 2.28. The van der Waals surface area contributed by atoms with Crippen LogP contribution < -0.4 is 5.32 Å². The summed E-state index contributed by atoms with van der Waals surface area (Å²) in [6.07, 6.45) is 5.01. The Hall–Kier alpha value is -0.610. The highest BCUT2D eigenvalue weighted by Gasteiger charge is 2.35. The van der Waals surface area contributed by atoms with Crippen molar-refractivity contribution in [1.82, 2.24) is 10.2 Å². The molecule has 1 N–H and O–H groups in total. The molecule has 0 amide bonds. The summed E-state index contributed by atoms with van der Waals surface area (Å²) in [6, 6.07) is 0. The van der Waals surface area contributed by atoms with Crippen LogP contribution in [-0.4, -0.2) is 50.7 Å². The molecule has 0 spiro atoms. The maximum atomic E-state index is 11.0. The van der Waals surface area contributed by atoms with Crippen molar-refractivity contribution < 1.29 is 9.53 Å². The minimum atomic E-state index is -0.193. The molecule has 0 atom stereocenters. The van der Waals surface area contributed by atoms with E-state index in [1.54, 1.807) is 0 Å². The van der Waals surface area contributed by atoms with Crippen LogP contribution in [-0.2, 0) is 9.53 Å². The zero-order valence-corrected chi connectivity index (χ0v) is 10.0. The van der Waals surface area contributed by atoms with Crippen LogP contribution >= 0.6 is 0 Å². The summed E-state index contributed by atoms with van der Waals surface area (Å²) in [6.45, 7) is 1.18. The van der Waals surface area contributed by atoms with Gasteiger partial charge in [-0.1, -0.05) is 12.8 Å². The average Bonchev–Trinajstić information content (AvgIpc) is 2.67. The van der Waals surface area contributed by atoms with Gasteiger partial charge >= 0.3 is 5.97 Å². The molecule has 0 radical (unpaired) electrons. The first-order chi connectivity index (χ1) is 7.10. The van der Waals surface area contributed by atoms with Crippen LogP contribution in [0, 0.1) is 0 Å². The van der Waals surface area contributed by atoms with Gasteiger partial charge in [-0.15, -0.1) is 0 Å². The smallest absolute Gasteiger partial charge is 0.319 e. The predicted molar refractivity (Wildman–Crippen MR) is 59.8 cm³/mol. The van der Waals surface area contributed by atoms with E-state index < -0.39 is 0 Å². The molecule has 0 heterocycles. The summed E-state index contributed by atoms with van der Waals surface area (Å²) < 4.78 is 4.59. The van der Waals surface area contributed by atoms with Crippen LogP contribution in [0.3, 0.4) is 0 Å². The van der Waals surface area contributed by atoms with Gasteiger partial charge < -0.3 is 15.0 Å². The van der Waals surface area contributed by atoms with Crippen molar-refractivity contribution in [2.75, 3.05) is 34.3 Å². The molecule has 0 aromatic heterocycles. The van der Waals surface area contributed by atoms with Crippen LogP contribution in [0.5, 0.6) is 0 Å². The fraction of sp³-hybridized carbons (Fsp3) is 0.909. The van der Waals surface area contributed by atoms with E-state index in [1.165, 1.54) is 32.8 Å². The van der Waals surface area contributed by atoms with E-state index in [4.69, 9.17) is 0 Å². The van der Waals surface area contributed by atoms with Crippen molar-refractivity contribution in [2.24, 2.45) is 0 Å². The Labute approximate surface area is 92.0 Å². The Morgan fingerprint density at radius 3 is 2.47 bits per heavy atom. The van der Waals surface area contributed by atoms with Gasteiger partial charge in [0.2, 0.25) is 0 Å². The highest BCUT2D eigenvalue weighted by molar-refractivity contribution is 5.71. The number of carbonyl (C=O) groups excluding carboxylic acids is 1. The van der Waals surface area contributed by atoms with Crippen molar-refractivity contribution in [3.63, 3.8) is 0 Å². The number of likely N-dealkylation sites (N-methyl/N-ethyl adjacent to an activating group) is 1.